The van der Waals surface area contributed by atoms with E-state index in [1.54, 1.807) is 6.92 Å². The van der Waals surface area contributed by atoms with Crippen molar-refractivity contribution in [3.8, 4) is 0 Å². The minimum Gasteiger partial charge on any atom is -0.394 e. The molecular weight excluding hydrogens is 282 g/mol. The second-order valence-corrected chi connectivity index (χ2v) is 5.24. The number of rotatable bonds is 5. The maximum absolute atomic E-state index is 11.8. The molecule has 0 bridgehead atoms. The van der Waals surface area contributed by atoms with Gasteiger partial charge in [0.2, 0.25) is 5.91 Å². The molecule has 2 atom stereocenters. The molecule has 1 aromatic carbocycles. The highest BCUT2D eigenvalue weighted by molar-refractivity contribution is 9.10. The predicted molar refractivity (Wildman–Crippen MR) is 71.7 cm³/mol. The Morgan fingerprint density at radius 3 is 2.47 bits per heavy atom. The van der Waals surface area contributed by atoms with E-state index in [1.165, 1.54) is 0 Å². The maximum atomic E-state index is 11.8. The van der Waals surface area contributed by atoms with Gasteiger partial charge in [-0.2, -0.15) is 0 Å². The molecule has 0 spiro atoms. The lowest BCUT2D eigenvalue weighted by atomic mass is 10.0. The molecule has 94 valence electrons. The van der Waals surface area contributed by atoms with Crippen molar-refractivity contribution in [2.45, 2.75) is 26.3 Å². The van der Waals surface area contributed by atoms with E-state index in [0.717, 1.165) is 10.0 Å². The summed E-state index contributed by atoms with van der Waals surface area (Å²) in [5.74, 6) is -0.111. The number of carbonyl (C=O) groups is 1. The fourth-order valence-electron chi connectivity index (χ4n) is 1.50. The first-order chi connectivity index (χ1) is 8.02. The van der Waals surface area contributed by atoms with E-state index >= 15 is 0 Å². The van der Waals surface area contributed by atoms with Crippen LogP contribution in [-0.2, 0) is 11.2 Å². The van der Waals surface area contributed by atoms with Crippen molar-refractivity contribution in [2.75, 3.05) is 6.61 Å². The van der Waals surface area contributed by atoms with Crippen LogP contribution in [0.1, 0.15) is 19.4 Å². The molecule has 1 amide bonds. The highest BCUT2D eigenvalue weighted by Gasteiger charge is 2.15. The summed E-state index contributed by atoms with van der Waals surface area (Å²) < 4.78 is 1.03. The Morgan fingerprint density at radius 2 is 1.94 bits per heavy atom. The average molecular weight is 300 g/mol. The third-order valence-electron chi connectivity index (χ3n) is 2.57. The fourth-order valence-corrected chi connectivity index (χ4v) is 1.76. The number of benzene rings is 1. The number of aliphatic hydroxyl groups is 1. The fraction of sp³-hybridized carbons (Fsp3) is 0.462. The molecule has 0 heterocycles. The van der Waals surface area contributed by atoms with Gasteiger partial charge in [-0.15, -0.1) is 0 Å². The van der Waals surface area contributed by atoms with Crippen LogP contribution < -0.4 is 5.32 Å². The number of nitrogens with one attached hydrogen (secondary N) is 1. The van der Waals surface area contributed by atoms with Gasteiger partial charge in [-0.3, -0.25) is 4.79 Å². The standard InChI is InChI=1S/C13H18BrNO2/c1-9(13(17)15-10(2)8-16)7-11-3-5-12(14)6-4-11/h3-6,9-10,16H,7-8H2,1-2H3,(H,15,17). The summed E-state index contributed by atoms with van der Waals surface area (Å²) in [4.78, 5) is 11.8. The summed E-state index contributed by atoms with van der Waals surface area (Å²) in [6.07, 6.45) is 0.706. The second kappa shape index (κ2) is 6.77. The SMILES string of the molecule is CC(CO)NC(=O)C(C)Cc1ccc(Br)cc1. The molecule has 2 unspecified atom stereocenters. The van der Waals surface area contributed by atoms with Crippen LogP contribution in [0, 0.1) is 5.92 Å². The van der Waals surface area contributed by atoms with E-state index in [1.807, 2.05) is 31.2 Å². The zero-order chi connectivity index (χ0) is 12.8. The van der Waals surface area contributed by atoms with E-state index in [0.29, 0.717) is 6.42 Å². The van der Waals surface area contributed by atoms with Gasteiger partial charge in [0.05, 0.1) is 6.61 Å². The van der Waals surface area contributed by atoms with Gasteiger partial charge in [-0.1, -0.05) is 35.0 Å². The van der Waals surface area contributed by atoms with Gasteiger partial charge in [-0.25, -0.2) is 0 Å². The zero-order valence-corrected chi connectivity index (χ0v) is 11.7. The van der Waals surface area contributed by atoms with Crippen molar-refractivity contribution >= 4 is 21.8 Å². The number of aliphatic hydroxyl groups excluding tert-OH is 1. The molecule has 0 aliphatic rings. The number of hydrogen-bond donors (Lipinski definition) is 2. The summed E-state index contributed by atoms with van der Waals surface area (Å²) >= 11 is 3.38. The lowest BCUT2D eigenvalue weighted by molar-refractivity contribution is -0.125. The Bertz CT molecular complexity index is 364. The van der Waals surface area contributed by atoms with E-state index in [4.69, 9.17) is 5.11 Å². The highest BCUT2D eigenvalue weighted by atomic mass is 79.9. The van der Waals surface area contributed by atoms with Crippen molar-refractivity contribution in [1.29, 1.82) is 0 Å². The van der Waals surface area contributed by atoms with Crippen molar-refractivity contribution in [3.63, 3.8) is 0 Å². The molecule has 3 nitrogen and oxygen atoms in total. The number of amides is 1. The molecule has 0 aromatic heterocycles. The highest BCUT2D eigenvalue weighted by Crippen LogP contribution is 2.14. The molecule has 0 radical (unpaired) electrons. The predicted octanol–water partition coefficient (Wildman–Crippen LogP) is 2.12. The minimum absolute atomic E-state index is 0.0190. The molecule has 1 aromatic rings. The van der Waals surface area contributed by atoms with E-state index in [9.17, 15) is 4.79 Å². The van der Waals surface area contributed by atoms with Crippen LogP contribution in [0.3, 0.4) is 0 Å². The summed E-state index contributed by atoms with van der Waals surface area (Å²) in [6.45, 7) is 3.64. The van der Waals surface area contributed by atoms with Crippen LogP contribution in [0.4, 0.5) is 0 Å². The first kappa shape index (κ1) is 14.2. The molecule has 2 N–H and O–H groups in total. The molecule has 4 heteroatoms. The lowest BCUT2D eigenvalue weighted by Gasteiger charge is -2.15. The van der Waals surface area contributed by atoms with Crippen molar-refractivity contribution in [1.82, 2.24) is 5.32 Å². The van der Waals surface area contributed by atoms with Gasteiger partial charge in [0.25, 0.3) is 0 Å². The first-order valence-electron chi connectivity index (χ1n) is 5.68. The molecule has 0 aliphatic carbocycles. The average Bonchev–Trinajstić information content (AvgIpc) is 2.31. The quantitative estimate of drug-likeness (QED) is 0.875. The van der Waals surface area contributed by atoms with E-state index < -0.39 is 0 Å². The van der Waals surface area contributed by atoms with Gasteiger partial charge in [0.15, 0.2) is 0 Å². The monoisotopic (exact) mass is 299 g/mol. The van der Waals surface area contributed by atoms with Crippen LogP contribution in [0.2, 0.25) is 0 Å². The van der Waals surface area contributed by atoms with Gasteiger partial charge in [0, 0.05) is 16.4 Å². The van der Waals surface area contributed by atoms with Gasteiger partial charge in [-0.05, 0) is 31.0 Å². The molecule has 0 saturated carbocycles. The van der Waals surface area contributed by atoms with E-state index in [2.05, 4.69) is 21.2 Å². The first-order valence-corrected chi connectivity index (χ1v) is 6.48. The molecule has 1 rings (SSSR count). The number of halogens is 1. The Hall–Kier alpha value is -0.870. The number of hydrogen-bond acceptors (Lipinski definition) is 2. The number of carbonyl (C=O) groups excluding carboxylic acids is 1. The Kier molecular flexibility index (Phi) is 5.65. The second-order valence-electron chi connectivity index (χ2n) is 4.32. The topological polar surface area (TPSA) is 49.3 Å². The zero-order valence-electron chi connectivity index (χ0n) is 10.1. The Labute approximate surface area is 110 Å². The summed E-state index contributed by atoms with van der Waals surface area (Å²) in [6, 6.07) is 7.76. The molecular formula is C13H18BrNO2. The van der Waals surface area contributed by atoms with Crippen molar-refractivity contribution < 1.29 is 9.90 Å². The van der Waals surface area contributed by atoms with Gasteiger partial charge in [0.1, 0.15) is 0 Å². The smallest absolute Gasteiger partial charge is 0.223 e. The van der Waals surface area contributed by atoms with Crippen LogP contribution in [0.5, 0.6) is 0 Å². The Balaban J connectivity index is 2.51. The third-order valence-corrected chi connectivity index (χ3v) is 3.09. The van der Waals surface area contributed by atoms with E-state index in [-0.39, 0.29) is 24.5 Å². The van der Waals surface area contributed by atoms with Gasteiger partial charge < -0.3 is 10.4 Å². The van der Waals surface area contributed by atoms with Crippen LogP contribution >= 0.6 is 15.9 Å². The largest absolute Gasteiger partial charge is 0.394 e. The molecule has 0 saturated heterocycles. The van der Waals surface area contributed by atoms with Crippen LogP contribution in [0.25, 0.3) is 0 Å². The Morgan fingerprint density at radius 1 is 1.35 bits per heavy atom. The van der Waals surface area contributed by atoms with Crippen LogP contribution in [0.15, 0.2) is 28.7 Å². The van der Waals surface area contributed by atoms with Crippen molar-refractivity contribution in [3.05, 3.63) is 34.3 Å². The third kappa shape index (κ3) is 4.88. The molecule has 17 heavy (non-hydrogen) atoms. The lowest BCUT2D eigenvalue weighted by Crippen LogP contribution is -2.38. The van der Waals surface area contributed by atoms with Crippen molar-refractivity contribution in [2.24, 2.45) is 5.92 Å². The van der Waals surface area contributed by atoms with Gasteiger partial charge >= 0.3 is 0 Å². The summed E-state index contributed by atoms with van der Waals surface area (Å²) in [5.41, 5.74) is 1.13. The van der Waals surface area contributed by atoms with Crippen LogP contribution in [-0.4, -0.2) is 23.7 Å². The normalized spacial score (nSPS) is 14.1. The summed E-state index contributed by atoms with van der Waals surface area (Å²) in [7, 11) is 0. The molecule has 0 aliphatic heterocycles. The summed E-state index contributed by atoms with van der Waals surface area (Å²) in [5, 5.41) is 11.6. The maximum Gasteiger partial charge on any atom is 0.223 e. The minimum atomic E-state index is -0.185. The molecule has 0 fully saturated rings.